The first-order chi connectivity index (χ1) is 8.40. The van der Waals surface area contributed by atoms with E-state index in [1.54, 1.807) is 0 Å². The lowest BCUT2D eigenvalue weighted by molar-refractivity contribution is -0.123. The molecule has 0 aliphatic heterocycles. The van der Waals surface area contributed by atoms with Gasteiger partial charge < -0.3 is 15.8 Å². The highest BCUT2D eigenvalue weighted by Gasteiger charge is 2.08. The molecule has 0 saturated carbocycles. The molecule has 0 bridgehead atoms. The SMILES string of the molecule is CC(C)CNC(=O)COc1cc(Cl)c(Cl)cc1N. The summed E-state index contributed by atoms with van der Waals surface area (Å²) in [4.78, 5) is 11.4. The Morgan fingerprint density at radius 1 is 1.39 bits per heavy atom. The number of hydrogen-bond acceptors (Lipinski definition) is 3. The molecule has 1 rings (SSSR count). The lowest BCUT2D eigenvalue weighted by Gasteiger charge is -2.11. The largest absolute Gasteiger partial charge is 0.482 e. The number of carbonyl (C=O) groups is 1. The molecule has 0 aromatic heterocycles. The van der Waals surface area contributed by atoms with Gasteiger partial charge in [0.2, 0.25) is 0 Å². The zero-order valence-electron chi connectivity index (χ0n) is 10.3. The van der Waals surface area contributed by atoms with Crippen LogP contribution in [0, 0.1) is 5.92 Å². The summed E-state index contributed by atoms with van der Waals surface area (Å²) in [6.07, 6.45) is 0. The Labute approximate surface area is 116 Å². The van der Waals surface area contributed by atoms with Crippen LogP contribution in [0.1, 0.15) is 13.8 Å². The molecular weight excluding hydrogens is 275 g/mol. The number of nitrogen functional groups attached to an aromatic ring is 1. The van der Waals surface area contributed by atoms with Crippen molar-refractivity contribution in [2.75, 3.05) is 18.9 Å². The molecule has 0 spiro atoms. The molecule has 0 aliphatic carbocycles. The fourth-order valence-corrected chi connectivity index (χ4v) is 1.51. The van der Waals surface area contributed by atoms with E-state index in [0.717, 1.165) is 0 Å². The smallest absolute Gasteiger partial charge is 0.257 e. The standard InChI is InChI=1S/C12H16Cl2N2O2/c1-7(2)5-16-12(17)6-18-11-4-9(14)8(13)3-10(11)15/h3-4,7H,5-6,15H2,1-2H3,(H,16,17). The van der Waals surface area contributed by atoms with Gasteiger partial charge in [0.1, 0.15) is 5.75 Å². The van der Waals surface area contributed by atoms with Crippen molar-refractivity contribution < 1.29 is 9.53 Å². The molecule has 0 aliphatic rings. The van der Waals surface area contributed by atoms with E-state index in [1.165, 1.54) is 12.1 Å². The molecule has 6 heteroatoms. The second-order valence-electron chi connectivity index (χ2n) is 4.29. The van der Waals surface area contributed by atoms with Gasteiger partial charge in [-0.1, -0.05) is 37.0 Å². The van der Waals surface area contributed by atoms with Gasteiger partial charge in [0.15, 0.2) is 6.61 Å². The molecule has 0 radical (unpaired) electrons. The van der Waals surface area contributed by atoms with Gasteiger partial charge in [-0.25, -0.2) is 0 Å². The first-order valence-corrected chi connectivity index (χ1v) is 6.29. The van der Waals surface area contributed by atoms with Crippen LogP contribution in [0.2, 0.25) is 10.0 Å². The van der Waals surface area contributed by atoms with E-state index in [-0.39, 0.29) is 12.5 Å². The van der Waals surface area contributed by atoms with Crippen LogP contribution in [0.25, 0.3) is 0 Å². The average molecular weight is 291 g/mol. The first-order valence-electron chi connectivity index (χ1n) is 5.54. The maximum atomic E-state index is 11.4. The Bertz CT molecular complexity index is 436. The Kier molecular flexibility index (Phi) is 5.56. The van der Waals surface area contributed by atoms with Crippen molar-refractivity contribution >= 4 is 34.8 Å². The van der Waals surface area contributed by atoms with Crippen LogP contribution in [-0.4, -0.2) is 19.1 Å². The number of ether oxygens (including phenoxy) is 1. The summed E-state index contributed by atoms with van der Waals surface area (Å²) in [5.74, 6) is 0.544. The Morgan fingerprint density at radius 3 is 2.61 bits per heavy atom. The Balaban J connectivity index is 2.53. The minimum Gasteiger partial charge on any atom is -0.482 e. The number of rotatable bonds is 5. The lowest BCUT2D eigenvalue weighted by atomic mass is 10.2. The summed E-state index contributed by atoms with van der Waals surface area (Å²) in [6.45, 7) is 4.53. The lowest BCUT2D eigenvalue weighted by Crippen LogP contribution is -2.31. The van der Waals surface area contributed by atoms with E-state index < -0.39 is 0 Å². The van der Waals surface area contributed by atoms with Crippen molar-refractivity contribution in [1.29, 1.82) is 0 Å². The summed E-state index contributed by atoms with van der Waals surface area (Å²) >= 11 is 11.6. The van der Waals surface area contributed by atoms with Crippen LogP contribution < -0.4 is 15.8 Å². The molecule has 0 heterocycles. The van der Waals surface area contributed by atoms with Crippen molar-refractivity contribution in [3.05, 3.63) is 22.2 Å². The van der Waals surface area contributed by atoms with Gasteiger partial charge >= 0.3 is 0 Å². The van der Waals surface area contributed by atoms with Crippen molar-refractivity contribution in [2.45, 2.75) is 13.8 Å². The van der Waals surface area contributed by atoms with Crippen molar-refractivity contribution in [3.63, 3.8) is 0 Å². The van der Waals surface area contributed by atoms with E-state index in [1.807, 2.05) is 13.8 Å². The van der Waals surface area contributed by atoms with Gasteiger partial charge in [-0.2, -0.15) is 0 Å². The molecule has 100 valence electrons. The molecule has 1 aromatic rings. The minimum absolute atomic E-state index is 0.102. The highest BCUT2D eigenvalue weighted by molar-refractivity contribution is 6.42. The van der Waals surface area contributed by atoms with Crippen molar-refractivity contribution in [1.82, 2.24) is 5.32 Å². The minimum atomic E-state index is -0.200. The fraction of sp³-hybridized carbons (Fsp3) is 0.417. The van der Waals surface area contributed by atoms with Crippen LogP contribution in [0.15, 0.2) is 12.1 Å². The maximum absolute atomic E-state index is 11.4. The predicted octanol–water partition coefficient (Wildman–Crippen LogP) is 2.73. The molecule has 18 heavy (non-hydrogen) atoms. The molecular formula is C12H16Cl2N2O2. The van der Waals surface area contributed by atoms with Crippen LogP contribution in [0.4, 0.5) is 5.69 Å². The maximum Gasteiger partial charge on any atom is 0.257 e. The highest BCUT2D eigenvalue weighted by atomic mass is 35.5. The van der Waals surface area contributed by atoms with Crippen LogP contribution >= 0.6 is 23.2 Å². The highest BCUT2D eigenvalue weighted by Crippen LogP contribution is 2.32. The topological polar surface area (TPSA) is 64.3 Å². The fourth-order valence-electron chi connectivity index (χ4n) is 1.18. The van der Waals surface area contributed by atoms with Gasteiger partial charge in [-0.05, 0) is 12.0 Å². The van der Waals surface area contributed by atoms with Gasteiger partial charge in [0.05, 0.1) is 15.7 Å². The molecule has 0 fully saturated rings. The van der Waals surface area contributed by atoms with Crippen LogP contribution in [0.3, 0.4) is 0 Å². The van der Waals surface area contributed by atoms with Crippen LogP contribution in [0.5, 0.6) is 5.75 Å². The number of hydrogen-bond donors (Lipinski definition) is 2. The van der Waals surface area contributed by atoms with Crippen molar-refractivity contribution in [2.24, 2.45) is 5.92 Å². The molecule has 0 unspecified atom stereocenters. The third-order valence-corrected chi connectivity index (χ3v) is 2.84. The molecule has 0 atom stereocenters. The summed E-state index contributed by atoms with van der Waals surface area (Å²) in [5, 5.41) is 3.42. The average Bonchev–Trinajstić information content (AvgIpc) is 2.29. The van der Waals surface area contributed by atoms with Crippen molar-refractivity contribution in [3.8, 4) is 5.75 Å². The third kappa shape index (κ3) is 4.63. The number of benzene rings is 1. The van der Waals surface area contributed by atoms with E-state index in [9.17, 15) is 4.79 Å². The normalized spacial score (nSPS) is 10.5. The number of carbonyl (C=O) groups excluding carboxylic acids is 1. The zero-order chi connectivity index (χ0) is 13.7. The summed E-state index contributed by atoms with van der Waals surface area (Å²) in [7, 11) is 0. The summed E-state index contributed by atoms with van der Waals surface area (Å²) < 4.78 is 5.29. The second-order valence-corrected chi connectivity index (χ2v) is 5.11. The van der Waals surface area contributed by atoms with Crippen LogP contribution in [-0.2, 0) is 4.79 Å². The van der Waals surface area contributed by atoms with E-state index in [4.69, 9.17) is 33.7 Å². The summed E-state index contributed by atoms with van der Waals surface area (Å²) in [6, 6.07) is 2.99. The molecule has 4 nitrogen and oxygen atoms in total. The molecule has 1 amide bonds. The van der Waals surface area contributed by atoms with Gasteiger partial charge in [0, 0.05) is 12.6 Å². The Hall–Kier alpha value is -1.13. The second kappa shape index (κ2) is 6.71. The summed E-state index contributed by atoms with van der Waals surface area (Å²) in [5.41, 5.74) is 6.05. The van der Waals surface area contributed by atoms with E-state index >= 15 is 0 Å². The van der Waals surface area contributed by atoms with Gasteiger partial charge in [0.25, 0.3) is 5.91 Å². The number of anilines is 1. The number of nitrogens with one attached hydrogen (secondary N) is 1. The van der Waals surface area contributed by atoms with E-state index in [2.05, 4.69) is 5.32 Å². The first kappa shape index (κ1) is 14.9. The Morgan fingerprint density at radius 2 is 2.00 bits per heavy atom. The third-order valence-electron chi connectivity index (χ3n) is 2.12. The molecule has 3 N–H and O–H groups in total. The molecule has 0 saturated heterocycles. The quantitative estimate of drug-likeness (QED) is 0.820. The number of halogens is 2. The monoisotopic (exact) mass is 290 g/mol. The number of amides is 1. The van der Waals surface area contributed by atoms with Gasteiger partial charge in [-0.3, -0.25) is 4.79 Å². The number of nitrogens with two attached hydrogens (primary N) is 1. The zero-order valence-corrected chi connectivity index (χ0v) is 11.8. The molecule has 1 aromatic carbocycles. The van der Waals surface area contributed by atoms with Gasteiger partial charge in [-0.15, -0.1) is 0 Å². The van der Waals surface area contributed by atoms with E-state index in [0.29, 0.717) is 33.9 Å². The predicted molar refractivity (Wildman–Crippen MR) is 74.2 cm³/mol.